The summed E-state index contributed by atoms with van der Waals surface area (Å²) >= 11 is 0. The van der Waals surface area contributed by atoms with Gasteiger partial charge in [-0.25, -0.2) is 0 Å². The lowest BCUT2D eigenvalue weighted by Gasteiger charge is -2.17. The SMILES string of the molecule is O=C(NC1CCN(Cc2ccccc2)C1)c1ccc(C(F)(F)F)nc1. The first-order valence-electron chi connectivity index (χ1n) is 8.02. The zero-order valence-corrected chi connectivity index (χ0v) is 13.5. The number of hydrogen-bond acceptors (Lipinski definition) is 3. The lowest BCUT2D eigenvalue weighted by atomic mass is 10.2. The highest BCUT2D eigenvalue weighted by Gasteiger charge is 2.32. The van der Waals surface area contributed by atoms with Gasteiger partial charge in [-0.2, -0.15) is 13.2 Å². The molecule has 1 saturated heterocycles. The van der Waals surface area contributed by atoms with Gasteiger partial charge in [0.05, 0.1) is 5.56 Å². The zero-order valence-electron chi connectivity index (χ0n) is 13.5. The highest BCUT2D eigenvalue weighted by Crippen LogP contribution is 2.27. The second kappa shape index (κ2) is 7.23. The van der Waals surface area contributed by atoms with Crippen molar-refractivity contribution in [2.75, 3.05) is 13.1 Å². The van der Waals surface area contributed by atoms with Crippen LogP contribution in [0, 0.1) is 0 Å². The summed E-state index contributed by atoms with van der Waals surface area (Å²) in [6.45, 7) is 2.40. The lowest BCUT2D eigenvalue weighted by molar-refractivity contribution is -0.141. The number of nitrogens with one attached hydrogen (secondary N) is 1. The summed E-state index contributed by atoms with van der Waals surface area (Å²) in [7, 11) is 0. The first kappa shape index (κ1) is 17.4. The first-order chi connectivity index (χ1) is 11.9. The molecule has 3 rings (SSSR count). The number of rotatable bonds is 4. The molecule has 1 N–H and O–H groups in total. The van der Waals surface area contributed by atoms with E-state index in [4.69, 9.17) is 0 Å². The molecule has 0 aliphatic carbocycles. The van der Waals surface area contributed by atoms with Gasteiger partial charge in [0.2, 0.25) is 0 Å². The number of carbonyl (C=O) groups is 1. The van der Waals surface area contributed by atoms with Crippen molar-refractivity contribution in [3.8, 4) is 0 Å². The molecule has 2 heterocycles. The van der Waals surface area contributed by atoms with Gasteiger partial charge in [0.1, 0.15) is 5.69 Å². The van der Waals surface area contributed by atoms with Crippen LogP contribution in [0.4, 0.5) is 13.2 Å². The molecule has 2 aromatic rings. The highest BCUT2D eigenvalue weighted by atomic mass is 19.4. The van der Waals surface area contributed by atoms with Gasteiger partial charge in [0, 0.05) is 31.9 Å². The standard InChI is InChI=1S/C18H18F3N3O/c19-18(20,21)16-7-6-14(10-22-16)17(25)23-15-8-9-24(12-15)11-13-4-2-1-3-5-13/h1-7,10,15H,8-9,11-12H2,(H,23,25). The number of alkyl halides is 3. The maximum absolute atomic E-state index is 12.5. The molecule has 7 heteroatoms. The number of nitrogens with zero attached hydrogens (tertiary/aromatic N) is 2. The van der Waals surface area contributed by atoms with E-state index in [1.165, 1.54) is 5.56 Å². The van der Waals surface area contributed by atoms with E-state index in [0.717, 1.165) is 37.8 Å². The molecule has 25 heavy (non-hydrogen) atoms. The van der Waals surface area contributed by atoms with Crippen LogP contribution in [0.5, 0.6) is 0 Å². The average Bonchev–Trinajstić information content (AvgIpc) is 3.02. The third-order valence-corrected chi connectivity index (χ3v) is 4.17. The summed E-state index contributed by atoms with van der Waals surface area (Å²) in [4.78, 5) is 17.7. The average molecular weight is 349 g/mol. The normalized spacial score (nSPS) is 18.3. The topological polar surface area (TPSA) is 45.2 Å². The summed E-state index contributed by atoms with van der Waals surface area (Å²) in [5, 5.41) is 2.87. The fourth-order valence-corrected chi connectivity index (χ4v) is 2.90. The quantitative estimate of drug-likeness (QED) is 0.923. The molecule has 4 nitrogen and oxygen atoms in total. The Morgan fingerprint density at radius 3 is 2.60 bits per heavy atom. The Morgan fingerprint density at radius 1 is 1.20 bits per heavy atom. The van der Waals surface area contributed by atoms with Gasteiger partial charge in [0.15, 0.2) is 0 Å². The molecular formula is C18H18F3N3O. The van der Waals surface area contributed by atoms with Gasteiger partial charge < -0.3 is 5.32 Å². The Morgan fingerprint density at radius 2 is 1.96 bits per heavy atom. The second-order valence-corrected chi connectivity index (χ2v) is 6.11. The number of hydrogen-bond donors (Lipinski definition) is 1. The third kappa shape index (κ3) is 4.57. The van der Waals surface area contributed by atoms with E-state index >= 15 is 0 Å². The van der Waals surface area contributed by atoms with Crippen molar-refractivity contribution in [3.05, 3.63) is 65.5 Å². The van der Waals surface area contributed by atoms with Gasteiger partial charge in [-0.1, -0.05) is 30.3 Å². The molecule has 1 aliphatic rings. The van der Waals surface area contributed by atoms with Crippen LogP contribution >= 0.6 is 0 Å². The molecule has 0 saturated carbocycles. The number of aromatic nitrogens is 1. The van der Waals surface area contributed by atoms with Crippen LogP contribution < -0.4 is 5.32 Å². The Hall–Kier alpha value is -2.41. The van der Waals surface area contributed by atoms with Crippen molar-refractivity contribution < 1.29 is 18.0 Å². The zero-order chi connectivity index (χ0) is 17.9. The number of carbonyl (C=O) groups excluding carboxylic acids is 1. The van der Waals surface area contributed by atoms with Crippen molar-refractivity contribution in [3.63, 3.8) is 0 Å². The minimum atomic E-state index is -4.50. The fourth-order valence-electron chi connectivity index (χ4n) is 2.90. The smallest absolute Gasteiger partial charge is 0.348 e. The van der Waals surface area contributed by atoms with E-state index in [-0.39, 0.29) is 11.6 Å². The summed E-state index contributed by atoms with van der Waals surface area (Å²) in [5.41, 5.74) is 0.342. The van der Waals surface area contributed by atoms with E-state index in [1.807, 2.05) is 18.2 Å². The maximum Gasteiger partial charge on any atom is 0.433 e. The molecule has 0 bridgehead atoms. The van der Waals surface area contributed by atoms with Gasteiger partial charge in [-0.3, -0.25) is 14.7 Å². The molecule has 0 spiro atoms. The number of likely N-dealkylation sites (tertiary alicyclic amines) is 1. The van der Waals surface area contributed by atoms with E-state index in [9.17, 15) is 18.0 Å². The molecule has 1 aromatic carbocycles. The predicted octanol–water partition coefficient (Wildman–Crippen LogP) is 3.10. The minimum absolute atomic E-state index is 0.0153. The van der Waals surface area contributed by atoms with Crippen molar-refractivity contribution in [2.24, 2.45) is 0 Å². The largest absolute Gasteiger partial charge is 0.433 e. The summed E-state index contributed by atoms with van der Waals surface area (Å²) < 4.78 is 37.5. The van der Waals surface area contributed by atoms with Crippen LogP contribution in [0.3, 0.4) is 0 Å². The molecule has 1 aromatic heterocycles. The molecular weight excluding hydrogens is 331 g/mol. The molecule has 1 unspecified atom stereocenters. The van der Waals surface area contributed by atoms with E-state index in [2.05, 4.69) is 27.3 Å². The number of benzene rings is 1. The molecule has 1 amide bonds. The highest BCUT2D eigenvalue weighted by molar-refractivity contribution is 5.94. The Balaban J connectivity index is 1.53. The molecule has 1 atom stereocenters. The van der Waals surface area contributed by atoms with Crippen molar-refractivity contribution in [1.82, 2.24) is 15.2 Å². The number of amides is 1. The van der Waals surface area contributed by atoms with E-state index < -0.39 is 17.8 Å². The minimum Gasteiger partial charge on any atom is -0.348 e. The van der Waals surface area contributed by atoms with Gasteiger partial charge in [-0.05, 0) is 24.1 Å². The van der Waals surface area contributed by atoms with Crippen LogP contribution in [0.25, 0.3) is 0 Å². The predicted molar refractivity (Wildman–Crippen MR) is 86.8 cm³/mol. The maximum atomic E-state index is 12.5. The van der Waals surface area contributed by atoms with E-state index in [1.54, 1.807) is 0 Å². The van der Waals surface area contributed by atoms with E-state index in [0.29, 0.717) is 6.54 Å². The molecule has 0 radical (unpaired) electrons. The van der Waals surface area contributed by atoms with Crippen LogP contribution in [0.2, 0.25) is 0 Å². The van der Waals surface area contributed by atoms with Gasteiger partial charge >= 0.3 is 6.18 Å². The summed E-state index contributed by atoms with van der Waals surface area (Å²) in [6, 6.07) is 12.0. The monoisotopic (exact) mass is 349 g/mol. The first-order valence-corrected chi connectivity index (χ1v) is 8.02. The van der Waals surface area contributed by atoms with Crippen molar-refractivity contribution in [1.29, 1.82) is 0 Å². The van der Waals surface area contributed by atoms with Crippen LogP contribution in [-0.4, -0.2) is 34.9 Å². The Kier molecular flexibility index (Phi) is 5.03. The van der Waals surface area contributed by atoms with Gasteiger partial charge in [0.25, 0.3) is 5.91 Å². The Bertz CT molecular complexity index is 717. The fraction of sp³-hybridized carbons (Fsp3) is 0.333. The van der Waals surface area contributed by atoms with Crippen molar-refractivity contribution >= 4 is 5.91 Å². The lowest BCUT2D eigenvalue weighted by Crippen LogP contribution is -2.37. The summed E-state index contributed by atoms with van der Waals surface area (Å²) in [5.74, 6) is -0.396. The third-order valence-electron chi connectivity index (χ3n) is 4.17. The van der Waals surface area contributed by atoms with Crippen molar-refractivity contribution in [2.45, 2.75) is 25.2 Å². The van der Waals surface area contributed by atoms with Crippen LogP contribution in [0.15, 0.2) is 48.7 Å². The van der Waals surface area contributed by atoms with Gasteiger partial charge in [-0.15, -0.1) is 0 Å². The second-order valence-electron chi connectivity index (χ2n) is 6.11. The van der Waals surface area contributed by atoms with Crippen LogP contribution in [0.1, 0.15) is 28.0 Å². The number of halogens is 3. The molecule has 132 valence electrons. The molecule has 1 aliphatic heterocycles. The number of pyridine rings is 1. The van der Waals surface area contributed by atoms with Crippen LogP contribution in [-0.2, 0) is 12.7 Å². The summed E-state index contributed by atoms with van der Waals surface area (Å²) in [6.07, 6.45) is -2.72. The molecule has 1 fully saturated rings. The Labute approximate surface area is 143 Å².